The Morgan fingerprint density at radius 2 is 1.65 bits per heavy atom. The van der Waals surface area contributed by atoms with Gasteiger partial charge in [-0.3, -0.25) is 14.8 Å². The molecule has 0 unspecified atom stereocenters. The fraction of sp³-hybridized carbons (Fsp3) is 0.280. The van der Waals surface area contributed by atoms with Crippen molar-refractivity contribution < 1.29 is 19.5 Å². The third-order valence-corrected chi connectivity index (χ3v) is 5.29. The molecule has 0 radical (unpaired) electrons. The minimum absolute atomic E-state index is 0.0977. The van der Waals surface area contributed by atoms with Crippen LogP contribution in [0.15, 0.2) is 54.6 Å². The smallest absolute Gasteiger partial charge is 0.267 e. The summed E-state index contributed by atoms with van der Waals surface area (Å²) in [6.45, 7) is 0.769. The Balaban J connectivity index is 1.52. The molecule has 0 heterocycles. The third kappa shape index (κ3) is 6.30. The molecule has 2 fully saturated rings. The second-order valence-electron chi connectivity index (χ2n) is 8.06. The van der Waals surface area contributed by atoms with E-state index >= 15 is 0 Å². The second kappa shape index (κ2) is 9.62. The summed E-state index contributed by atoms with van der Waals surface area (Å²) in [6.07, 6.45) is 9.24. The lowest BCUT2D eigenvalue weighted by molar-refractivity contribution is -0.124. The van der Waals surface area contributed by atoms with Gasteiger partial charge in [0.1, 0.15) is 5.75 Å². The summed E-state index contributed by atoms with van der Waals surface area (Å²) in [6, 6.07) is 15.4. The summed E-state index contributed by atoms with van der Waals surface area (Å²) in [4.78, 5) is 24.0. The van der Waals surface area contributed by atoms with Crippen molar-refractivity contribution in [2.45, 2.75) is 31.7 Å². The van der Waals surface area contributed by atoms with E-state index in [0.717, 1.165) is 41.9 Å². The SMILES string of the molecule is O=C(/C=C/c1ccc(/C(=C\c2ccc(OCC3CC3)cc2)C(=O)NC2CC2)cc1)NO. The Morgan fingerprint density at radius 1 is 0.968 bits per heavy atom. The van der Waals surface area contributed by atoms with Gasteiger partial charge in [-0.15, -0.1) is 0 Å². The van der Waals surface area contributed by atoms with Crippen LogP contribution >= 0.6 is 0 Å². The van der Waals surface area contributed by atoms with Crippen LogP contribution in [0.5, 0.6) is 5.75 Å². The second-order valence-corrected chi connectivity index (χ2v) is 8.06. The Labute approximate surface area is 181 Å². The van der Waals surface area contributed by atoms with Crippen molar-refractivity contribution in [1.29, 1.82) is 0 Å². The van der Waals surface area contributed by atoms with Crippen LogP contribution in [0.4, 0.5) is 0 Å². The normalized spacial score (nSPS) is 16.2. The first-order valence-electron chi connectivity index (χ1n) is 10.6. The van der Waals surface area contributed by atoms with Gasteiger partial charge in [0.15, 0.2) is 0 Å². The monoisotopic (exact) mass is 418 g/mol. The number of carbonyl (C=O) groups excluding carboxylic acids is 2. The first-order chi connectivity index (χ1) is 15.1. The van der Waals surface area contributed by atoms with Crippen molar-refractivity contribution in [1.82, 2.24) is 10.8 Å². The molecule has 6 heteroatoms. The van der Waals surface area contributed by atoms with E-state index in [4.69, 9.17) is 9.94 Å². The zero-order valence-corrected chi connectivity index (χ0v) is 17.2. The summed E-state index contributed by atoms with van der Waals surface area (Å²) in [5.41, 5.74) is 4.63. The summed E-state index contributed by atoms with van der Waals surface area (Å²) in [5, 5.41) is 11.6. The molecule has 0 aliphatic heterocycles. The Hall–Kier alpha value is -3.38. The molecule has 0 aromatic heterocycles. The van der Waals surface area contributed by atoms with Crippen LogP contribution in [-0.2, 0) is 9.59 Å². The van der Waals surface area contributed by atoms with E-state index in [0.29, 0.717) is 11.5 Å². The van der Waals surface area contributed by atoms with Crippen LogP contribution in [0.1, 0.15) is 42.4 Å². The maximum atomic E-state index is 12.9. The number of hydroxylamine groups is 1. The summed E-state index contributed by atoms with van der Waals surface area (Å²) in [5.74, 6) is 0.849. The fourth-order valence-corrected chi connectivity index (χ4v) is 3.08. The fourth-order valence-electron chi connectivity index (χ4n) is 3.08. The standard InChI is InChI=1S/C25H26N2O4/c28-24(27-30)14-7-17-3-8-20(9-4-17)23(25(29)26-21-10-11-21)15-18-5-12-22(13-6-18)31-16-19-1-2-19/h3-9,12-15,19,21,30H,1-2,10-11,16H2,(H,26,29)(H,27,28)/b14-7+,23-15+. The lowest BCUT2D eigenvalue weighted by Gasteiger charge is -2.10. The number of hydrogen-bond acceptors (Lipinski definition) is 4. The molecule has 0 saturated heterocycles. The van der Waals surface area contributed by atoms with Crippen LogP contribution in [0.25, 0.3) is 17.7 Å². The first-order valence-corrected chi connectivity index (χ1v) is 10.6. The number of hydrogen-bond donors (Lipinski definition) is 3. The van der Waals surface area contributed by atoms with E-state index in [1.807, 2.05) is 54.6 Å². The highest BCUT2D eigenvalue weighted by atomic mass is 16.5. The number of carbonyl (C=O) groups is 2. The molecule has 3 N–H and O–H groups in total. The number of ether oxygens (including phenoxy) is 1. The highest BCUT2D eigenvalue weighted by Gasteiger charge is 2.25. The van der Waals surface area contributed by atoms with Crippen LogP contribution in [-0.4, -0.2) is 29.7 Å². The molecule has 0 atom stereocenters. The van der Waals surface area contributed by atoms with Gasteiger partial charge in [0, 0.05) is 17.7 Å². The molecule has 2 aliphatic rings. The maximum absolute atomic E-state index is 12.9. The lowest BCUT2D eigenvalue weighted by atomic mass is 10.00. The van der Waals surface area contributed by atoms with Gasteiger partial charge >= 0.3 is 0 Å². The van der Waals surface area contributed by atoms with Crippen LogP contribution in [0.2, 0.25) is 0 Å². The number of rotatable bonds is 9. The maximum Gasteiger partial charge on any atom is 0.267 e. The highest BCUT2D eigenvalue weighted by molar-refractivity contribution is 6.24. The molecule has 160 valence electrons. The average Bonchev–Trinajstić information content (AvgIpc) is 3.71. The van der Waals surface area contributed by atoms with Crippen LogP contribution in [0.3, 0.4) is 0 Å². The molecule has 0 spiro atoms. The molecular weight excluding hydrogens is 392 g/mol. The largest absolute Gasteiger partial charge is 0.493 e. The van der Waals surface area contributed by atoms with Gasteiger partial charge in [-0.25, -0.2) is 5.48 Å². The Kier molecular flexibility index (Phi) is 6.48. The van der Waals surface area contributed by atoms with Crippen molar-refractivity contribution in [3.8, 4) is 5.75 Å². The molecule has 2 amide bonds. The van der Waals surface area contributed by atoms with Gasteiger partial charge in [-0.2, -0.15) is 0 Å². The van der Waals surface area contributed by atoms with E-state index in [1.54, 1.807) is 11.6 Å². The van der Waals surface area contributed by atoms with E-state index in [-0.39, 0.29) is 11.9 Å². The number of nitrogens with one attached hydrogen (secondary N) is 2. The van der Waals surface area contributed by atoms with E-state index in [9.17, 15) is 9.59 Å². The van der Waals surface area contributed by atoms with Gasteiger partial charge in [-0.05, 0) is 72.6 Å². The number of benzene rings is 2. The van der Waals surface area contributed by atoms with Crippen molar-refractivity contribution >= 4 is 29.5 Å². The molecule has 2 aromatic carbocycles. The molecule has 2 saturated carbocycles. The zero-order valence-electron chi connectivity index (χ0n) is 17.2. The van der Waals surface area contributed by atoms with Gasteiger partial charge in [0.25, 0.3) is 11.8 Å². The van der Waals surface area contributed by atoms with Gasteiger partial charge in [0.2, 0.25) is 0 Å². The molecule has 31 heavy (non-hydrogen) atoms. The van der Waals surface area contributed by atoms with Crippen molar-refractivity contribution in [2.75, 3.05) is 6.61 Å². The molecular formula is C25H26N2O4. The predicted octanol–water partition coefficient (Wildman–Crippen LogP) is 3.81. The minimum atomic E-state index is -0.599. The molecule has 2 aliphatic carbocycles. The first kappa shape index (κ1) is 20.9. The summed E-state index contributed by atoms with van der Waals surface area (Å²) >= 11 is 0. The van der Waals surface area contributed by atoms with Gasteiger partial charge in [-0.1, -0.05) is 36.4 Å². The van der Waals surface area contributed by atoms with Crippen LogP contribution < -0.4 is 15.5 Å². The highest BCUT2D eigenvalue weighted by Crippen LogP contribution is 2.30. The Bertz CT molecular complexity index is 985. The van der Waals surface area contributed by atoms with Gasteiger partial charge < -0.3 is 10.1 Å². The Morgan fingerprint density at radius 3 is 2.26 bits per heavy atom. The van der Waals surface area contributed by atoms with Gasteiger partial charge in [0.05, 0.1) is 6.61 Å². The third-order valence-electron chi connectivity index (χ3n) is 5.29. The predicted molar refractivity (Wildman–Crippen MR) is 119 cm³/mol. The van der Waals surface area contributed by atoms with E-state index < -0.39 is 5.91 Å². The van der Waals surface area contributed by atoms with E-state index in [2.05, 4.69) is 5.32 Å². The lowest BCUT2D eigenvalue weighted by Crippen LogP contribution is -2.26. The van der Waals surface area contributed by atoms with Crippen LogP contribution in [0, 0.1) is 5.92 Å². The minimum Gasteiger partial charge on any atom is -0.493 e. The van der Waals surface area contributed by atoms with Crippen molar-refractivity contribution in [2.24, 2.45) is 5.92 Å². The zero-order chi connectivity index (χ0) is 21.6. The van der Waals surface area contributed by atoms with E-state index in [1.165, 1.54) is 18.9 Å². The average molecular weight is 418 g/mol. The van der Waals surface area contributed by atoms with Crippen molar-refractivity contribution in [3.63, 3.8) is 0 Å². The summed E-state index contributed by atoms with van der Waals surface area (Å²) in [7, 11) is 0. The van der Waals surface area contributed by atoms with Crippen molar-refractivity contribution in [3.05, 3.63) is 71.3 Å². The molecule has 0 bridgehead atoms. The number of amides is 2. The summed E-state index contributed by atoms with van der Waals surface area (Å²) < 4.78 is 5.79. The molecule has 4 rings (SSSR count). The topological polar surface area (TPSA) is 87.7 Å². The quantitative estimate of drug-likeness (QED) is 0.250. The molecule has 6 nitrogen and oxygen atoms in total. The molecule has 2 aromatic rings.